The van der Waals surface area contributed by atoms with Crippen LogP contribution in [0.1, 0.15) is 149 Å². The van der Waals surface area contributed by atoms with Crippen LogP contribution in [0.2, 0.25) is 0 Å². The second kappa shape index (κ2) is 15.7. The van der Waals surface area contributed by atoms with Gasteiger partial charge in [0.05, 0.1) is 5.56 Å². The molecule has 4 aliphatic carbocycles. The number of ether oxygens (including phenoxy) is 2. The summed E-state index contributed by atoms with van der Waals surface area (Å²) in [5.74, 6) is 4.11. The smallest absolute Gasteiger partial charge is 0.341 e. The summed E-state index contributed by atoms with van der Waals surface area (Å²) in [5, 5.41) is 0. The molecule has 1 unspecified atom stereocenters. The highest BCUT2D eigenvalue weighted by molar-refractivity contribution is 5.90. The highest BCUT2D eigenvalue weighted by atomic mass is 19.1. The van der Waals surface area contributed by atoms with Crippen molar-refractivity contribution in [1.82, 2.24) is 0 Å². The van der Waals surface area contributed by atoms with Crippen molar-refractivity contribution in [2.24, 2.45) is 46.3 Å². The first kappa shape index (κ1) is 36.9. The van der Waals surface area contributed by atoms with Gasteiger partial charge in [-0.25, -0.2) is 9.18 Å². The fourth-order valence-electron chi connectivity index (χ4n) is 10.7. The monoisotopic (exact) mass is 660 g/mol. The number of fused-ring (bicyclic) bond motifs is 5. The second-order valence-corrected chi connectivity index (χ2v) is 17.4. The average molecular weight is 661 g/mol. The van der Waals surface area contributed by atoms with Gasteiger partial charge in [-0.05, 0) is 143 Å². The fourth-order valence-corrected chi connectivity index (χ4v) is 10.7. The number of esters is 1. The van der Waals surface area contributed by atoms with Crippen LogP contribution in [0.3, 0.4) is 0 Å². The zero-order chi connectivity index (χ0) is 34.6. The Bertz CT molecular complexity index is 1370. The Labute approximate surface area is 292 Å². The first-order valence-corrected chi connectivity index (χ1v) is 19.4. The molecule has 0 heterocycles. The van der Waals surface area contributed by atoms with Gasteiger partial charge in [-0.2, -0.15) is 0 Å². The van der Waals surface area contributed by atoms with Gasteiger partial charge in [0.1, 0.15) is 24.3 Å². The van der Waals surface area contributed by atoms with E-state index in [1.165, 1.54) is 80.2 Å². The van der Waals surface area contributed by atoms with Gasteiger partial charge >= 0.3 is 5.97 Å². The maximum absolute atomic E-state index is 15.1. The summed E-state index contributed by atoms with van der Waals surface area (Å²) in [6.07, 6.45) is 22.1. The highest BCUT2D eigenvalue weighted by Gasteiger charge is 2.59. The molecule has 0 aliphatic heterocycles. The van der Waals surface area contributed by atoms with Crippen LogP contribution in [-0.2, 0) is 4.74 Å². The van der Waals surface area contributed by atoms with Crippen LogP contribution < -0.4 is 4.74 Å². The van der Waals surface area contributed by atoms with E-state index in [0.29, 0.717) is 17.8 Å². The van der Waals surface area contributed by atoms with E-state index in [9.17, 15) is 4.79 Å². The molecule has 4 heteroatoms. The number of halogens is 1. The van der Waals surface area contributed by atoms with E-state index >= 15 is 4.39 Å². The molecule has 0 saturated heterocycles. The molecule has 0 radical (unpaired) electrons. The molecule has 5 rings (SSSR count). The topological polar surface area (TPSA) is 35.5 Å². The molecule has 3 fully saturated rings. The summed E-state index contributed by atoms with van der Waals surface area (Å²) in [7, 11) is 0. The lowest BCUT2D eigenvalue weighted by Crippen LogP contribution is -2.51. The van der Waals surface area contributed by atoms with E-state index < -0.39 is 11.8 Å². The third-order valence-corrected chi connectivity index (χ3v) is 13.5. The summed E-state index contributed by atoms with van der Waals surface area (Å²) in [6, 6.07) is 4.49. The number of rotatable bonds is 13. The Morgan fingerprint density at radius 1 is 1.00 bits per heavy atom. The van der Waals surface area contributed by atoms with Gasteiger partial charge in [0.2, 0.25) is 0 Å². The molecule has 3 saturated carbocycles. The predicted molar refractivity (Wildman–Crippen MR) is 197 cm³/mol. The van der Waals surface area contributed by atoms with E-state index in [1.54, 1.807) is 6.07 Å². The Morgan fingerprint density at radius 2 is 1.79 bits per heavy atom. The van der Waals surface area contributed by atoms with E-state index in [1.807, 2.05) is 6.08 Å². The fraction of sp³-hybridized carbons (Fsp3) is 0.705. The zero-order valence-electron chi connectivity index (χ0n) is 31.5. The maximum Gasteiger partial charge on any atom is 0.341 e. The van der Waals surface area contributed by atoms with Crippen molar-refractivity contribution in [1.29, 1.82) is 0 Å². The summed E-state index contributed by atoms with van der Waals surface area (Å²) in [6.45, 7) is 19.1. The molecule has 1 aromatic carbocycles. The molecule has 48 heavy (non-hydrogen) atoms. The van der Waals surface area contributed by atoms with Crippen LogP contribution in [0.25, 0.3) is 0 Å². The molecule has 8 atom stereocenters. The van der Waals surface area contributed by atoms with Gasteiger partial charge in [0.15, 0.2) is 0 Å². The van der Waals surface area contributed by atoms with Crippen molar-refractivity contribution in [2.45, 2.75) is 145 Å². The molecule has 0 bridgehead atoms. The lowest BCUT2D eigenvalue weighted by atomic mass is 9.47. The van der Waals surface area contributed by atoms with Crippen LogP contribution in [0.15, 0.2) is 53.1 Å². The number of benzene rings is 1. The van der Waals surface area contributed by atoms with Crippen LogP contribution in [0, 0.1) is 52.2 Å². The number of hydrogen-bond acceptors (Lipinski definition) is 3. The molecule has 0 N–H and O–H groups in total. The Kier molecular flexibility index (Phi) is 12.1. The van der Waals surface area contributed by atoms with Gasteiger partial charge in [0, 0.05) is 12.5 Å². The summed E-state index contributed by atoms with van der Waals surface area (Å²) in [4.78, 5) is 13.2. The first-order chi connectivity index (χ1) is 22.8. The van der Waals surface area contributed by atoms with Gasteiger partial charge in [0.25, 0.3) is 0 Å². The number of allylic oxidation sites excluding steroid dienone is 4. The maximum atomic E-state index is 15.1. The van der Waals surface area contributed by atoms with E-state index in [-0.39, 0.29) is 17.1 Å². The van der Waals surface area contributed by atoms with Gasteiger partial charge < -0.3 is 9.47 Å². The first-order valence-electron chi connectivity index (χ1n) is 19.4. The summed E-state index contributed by atoms with van der Waals surface area (Å²) < 4.78 is 26.8. The minimum Gasteiger partial charge on any atom is -0.489 e. The zero-order valence-corrected chi connectivity index (χ0v) is 31.5. The second-order valence-electron chi connectivity index (χ2n) is 17.4. The molecular formula is C44H65FO3. The highest BCUT2D eigenvalue weighted by Crippen LogP contribution is 2.67. The standard InChI is InChI=1S/C44H65FO3/c1-29(2)11-9-13-31(5)23-26-47-34-16-18-37(41(45)28-34)42(46)48-35-21-24-43(7)33(27-35)15-17-36-39-20-19-38(32(6)14-10-12-30(3)4)44(39,8)25-22-40(36)43/h11,15-16,18,23,28,30,32,35-36,38-40H,9-10,12-14,17,19-22,24-27H2,1-8H3/b31-23+/t32-,35?,36+,38-,39+,40+,43+,44-/m1/s1. The van der Waals surface area contributed by atoms with Gasteiger partial charge in [-0.15, -0.1) is 0 Å². The van der Waals surface area contributed by atoms with Crippen LogP contribution in [0.4, 0.5) is 4.39 Å². The number of carbonyl (C=O) groups is 1. The third-order valence-electron chi connectivity index (χ3n) is 13.5. The average Bonchev–Trinajstić information content (AvgIpc) is 3.38. The normalized spacial score (nSPS) is 32.1. The minimum atomic E-state index is -0.587. The summed E-state index contributed by atoms with van der Waals surface area (Å²) in [5.41, 5.74) is 4.71. The predicted octanol–water partition coefficient (Wildman–Crippen LogP) is 12.5. The van der Waals surface area contributed by atoms with Crippen molar-refractivity contribution in [2.75, 3.05) is 6.61 Å². The molecule has 0 spiro atoms. The van der Waals surface area contributed by atoms with E-state index in [0.717, 1.165) is 67.6 Å². The molecular weight excluding hydrogens is 595 g/mol. The Morgan fingerprint density at radius 3 is 2.52 bits per heavy atom. The van der Waals surface area contributed by atoms with Crippen molar-refractivity contribution in [3.05, 3.63) is 64.5 Å². The molecule has 0 aromatic heterocycles. The lowest BCUT2D eigenvalue weighted by molar-refractivity contribution is -0.0595. The lowest BCUT2D eigenvalue weighted by Gasteiger charge is -2.58. The Balaban J connectivity index is 1.16. The molecule has 266 valence electrons. The van der Waals surface area contributed by atoms with Gasteiger partial charge in [-0.3, -0.25) is 0 Å². The minimum absolute atomic E-state index is 0.0115. The van der Waals surface area contributed by atoms with Crippen molar-refractivity contribution < 1.29 is 18.7 Å². The third kappa shape index (κ3) is 8.15. The number of hydrogen-bond donors (Lipinski definition) is 0. The van der Waals surface area contributed by atoms with Crippen molar-refractivity contribution >= 4 is 5.97 Å². The van der Waals surface area contributed by atoms with Crippen LogP contribution >= 0.6 is 0 Å². The largest absolute Gasteiger partial charge is 0.489 e. The van der Waals surface area contributed by atoms with Gasteiger partial charge in [-0.1, -0.05) is 82.8 Å². The SMILES string of the molecule is CC(C)=CCC/C(C)=C/COc1ccc(C(=O)OC2CC[C@@]3(C)C(=CC[C@H]4[C@@H]5CC[C@H]([C@H](C)CCCC(C)C)[C@@]5(C)CC[C@@H]43)C2)c(F)c1. The molecule has 3 nitrogen and oxygen atoms in total. The molecule has 1 aromatic rings. The van der Waals surface area contributed by atoms with Crippen molar-refractivity contribution in [3.8, 4) is 5.75 Å². The van der Waals surface area contributed by atoms with E-state index in [2.05, 4.69) is 67.5 Å². The number of carbonyl (C=O) groups excluding carboxylic acids is 1. The van der Waals surface area contributed by atoms with Crippen LogP contribution in [0.5, 0.6) is 5.75 Å². The van der Waals surface area contributed by atoms with E-state index in [4.69, 9.17) is 9.47 Å². The quantitative estimate of drug-likeness (QED) is 0.156. The summed E-state index contributed by atoms with van der Waals surface area (Å²) >= 11 is 0. The molecule has 0 amide bonds. The molecule has 4 aliphatic rings. The Hall–Kier alpha value is -2.36. The van der Waals surface area contributed by atoms with Crippen molar-refractivity contribution in [3.63, 3.8) is 0 Å². The van der Waals surface area contributed by atoms with Crippen LogP contribution in [-0.4, -0.2) is 18.7 Å².